The molecule has 0 saturated heterocycles. The normalized spacial score (nSPS) is 13.0. The van der Waals surface area contributed by atoms with Crippen molar-refractivity contribution in [2.45, 2.75) is 6.92 Å². The second kappa shape index (κ2) is 6.49. The maximum Gasteiger partial charge on any atom is 0.262 e. The van der Waals surface area contributed by atoms with Crippen molar-refractivity contribution in [3.05, 3.63) is 65.5 Å². The first-order valence-corrected chi connectivity index (χ1v) is 8.27. The number of aromatic amines is 1. The minimum atomic E-state index is -0.457. The number of carbonyl (C=O) groups is 3. The number of amides is 3. The predicted molar refractivity (Wildman–Crippen MR) is 97.0 cm³/mol. The van der Waals surface area contributed by atoms with E-state index in [1.807, 2.05) is 6.92 Å². The molecule has 3 amide bonds. The summed E-state index contributed by atoms with van der Waals surface area (Å²) in [4.78, 5) is 42.1. The average Bonchev–Trinajstić information content (AvgIpc) is 3.20. The molecule has 2 N–H and O–H groups in total. The maximum atomic E-state index is 12.3. The number of fused-ring (bicyclic) bond motifs is 1. The van der Waals surface area contributed by atoms with Gasteiger partial charge < -0.3 is 5.32 Å². The highest BCUT2D eigenvalue weighted by atomic mass is 16.2. The van der Waals surface area contributed by atoms with Crippen molar-refractivity contribution in [3.8, 4) is 11.4 Å². The van der Waals surface area contributed by atoms with E-state index in [9.17, 15) is 14.4 Å². The molecule has 0 saturated carbocycles. The number of rotatable bonds is 4. The Bertz CT molecular complexity index is 1020. The lowest BCUT2D eigenvalue weighted by Gasteiger charge is -2.13. The molecule has 2 aromatic carbocycles. The number of nitrogens with zero attached hydrogens (tertiary/aromatic N) is 3. The number of aryl methyl sites for hydroxylation is 1. The van der Waals surface area contributed by atoms with Gasteiger partial charge in [0.15, 0.2) is 5.82 Å². The fourth-order valence-electron chi connectivity index (χ4n) is 2.90. The van der Waals surface area contributed by atoms with E-state index < -0.39 is 17.7 Å². The van der Waals surface area contributed by atoms with Crippen LogP contribution in [0.5, 0.6) is 0 Å². The zero-order valence-corrected chi connectivity index (χ0v) is 14.4. The van der Waals surface area contributed by atoms with Crippen molar-refractivity contribution in [3.63, 3.8) is 0 Å². The minimum Gasteiger partial charge on any atom is -0.325 e. The Kier molecular flexibility index (Phi) is 4.00. The van der Waals surface area contributed by atoms with Crippen LogP contribution in [0.4, 0.5) is 5.69 Å². The van der Waals surface area contributed by atoms with Crippen LogP contribution >= 0.6 is 0 Å². The smallest absolute Gasteiger partial charge is 0.262 e. The molecule has 0 unspecified atom stereocenters. The minimum absolute atomic E-state index is 0.321. The first kappa shape index (κ1) is 16.6. The summed E-state index contributed by atoms with van der Waals surface area (Å²) >= 11 is 0. The van der Waals surface area contributed by atoms with E-state index >= 15 is 0 Å². The van der Waals surface area contributed by atoms with Crippen molar-refractivity contribution < 1.29 is 14.4 Å². The second-order valence-electron chi connectivity index (χ2n) is 6.11. The van der Waals surface area contributed by atoms with E-state index in [2.05, 4.69) is 20.5 Å². The van der Waals surface area contributed by atoms with E-state index in [4.69, 9.17) is 0 Å². The number of hydrogen-bond acceptors (Lipinski definition) is 5. The first-order valence-electron chi connectivity index (χ1n) is 8.27. The molecule has 0 fully saturated rings. The largest absolute Gasteiger partial charge is 0.325 e. The third-order valence-corrected chi connectivity index (χ3v) is 4.20. The summed E-state index contributed by atoms with van der Waals surface area (Å²) in [5.41, 5.74) is 1.99. The molecule has 0 atom stereocenters. The van der Waals surface area contributed by atoms with Crippen LogP contribution in [-0.4, -0.2) is 44.3 Å². The van der Waals surface area contributed by atoms with Crippen LogP contribution in [0.25, 0.3) is 11.4 Å². The molecule has 1 aliphatic heterocycles. The topological polar surface area (TPSA) is 108 Å². The van der Waals surface area contributed by atoms with E-state index in [0.29, 0.717) is 28.5 Å². The quantitative estimate of drug-likeness (QED) is 0.691. The maximum absolute atomic E-state index is 12.3. The Morgan fingerprint density at radius 2 is 1.67 bits per heavy atom. The van der Waals surface area contributed by atoms with Gasteiger partial charge in [-0.2, -0.15) is 5.10 Å². The van der Waals surface area contributed by atoms with Crippen LogP contribution in [-0.2, 0) is 4.79 Å². The van der Waals surface area contributed by atoms with Gasteiger partial charge >= 0.3 is 0 Å². The van der Waals surface area contributed by atoms with Gasteiger partial charge in [0, 0.05) is 11.3 Å². The zero-order valence-electron chi connectivity index (χ0n) is 14.4. The summed E-state index contributed by atoms with van der Waals surface area (Å²) in [6.07, 6.45) is 0. The van der Waals surface area contributed by atoms with Gasteiger partial charge in [0.1, 0.15) is 12.4 Å². The molecule has 1 aliphatic rings. The summed E-state index contributed by atoms with van der Waals surface area (Å²) in [6.45, 7) is 1.47. The number of benzene rings is 2. The van der Waals surface area contributed by atoms with Gasteiger partial charge in [-0.05, 0) is 43.3 Å². The molecule has 2 heterocycles. The molecule has 0 bridgehead atoms. The van der Waals surface area contributed by atoms with E-state index in [1.54, 1.807) is 48.5 Å². The highest BCUT2D eigenvalue weighted by Gasteiger charge is 2.36. The molecule has 8 heteroatoms. The first-order chi connectivity index (χ1) is 13.0. The number of H-pyrrole nitrogens is 1. The molecule has 134 valence electrons. The number of nitrogens with one attached hydrogen (secondary N) is 2. The number of aromatic nitrogens is 3. The lowest BCUT2D eigenvalue weighted by molar-refractivity contribution is -0.116. The monoisotopic (exact) mass is 361 g/mol. The van der Waals surface area contributed by atoms with Gasteiger partial charge in [-0.15, -0.1) is 0 Å². The summed E-state index contributed by atoms with van der Waals surface area (Å²) in [5.74, 6) is -0.0899. The Balaban J connectivity index is 1.43. The van der Waals surface area contributed by atoms with Crippen molar-refractivity contribution >= 4 is 23.4 Å². The van der Waals surface area contributed by atoms with Gasteiger partial charge in [0.25, 0.3) is 11.8 Å². The van der Waals surface area contributed by atoms with Gasteiger partial charge in [-0.1, -0.05) is 12.1 Å². The van der Waals surface area contributed by atoms with Gasteiger partial charge in [0.05, 0.1) is 11.1 Å². The highest BCUT2D eigenvalue weighted by molar-refractivity contribution is 6.22. The second-order valence-corrected chi connectivity index (χ2v) is 6.11. The van der Waals surface area contributed by atoms with Crippen molar-refractivity contribution in [2.75, 3.05) is 11.9 Å². The molecule has 0 spiro atoms. The molecule has 27 heavy (non-hydrogen) atoms. The van der Waals surface area contributed by atoms with Crippen LogP contribution in [0.15, 0.2) is 48.5 Å². The zero-order chi connectivity index (χ0) is 19.0. The van der Waals surface area contributed by atoms with E-state index in [1.165, 1.54) is 0 Å². The van der Waals surface area contributed by atoms with Crippen LogP contribution in [0.1, 0.15) is 26.5 Å². The van der Waals surface area contributed by atoms with Crippen LogP contribution in [0.3, 0.4) is 0 Å². The predicted octanol–water partition coefficient (Wildman–Crippen LogP) is 2.01. The summed E-state index contributed by atoms with van der Waals surface area (Å²) in [6, 6.07) is 13.5. The van der Waals surface area contributed by atoms with Crippen LogP contribution < -0.4 is 5.32 Å². The lowest BCUT2D eigenvalue weighted by atomic mass is 10.1. The third-order valence-electron chi connectivity index (χ3n) is 4.20. The van der Waals surface area contributed by atoms with Crippen molar-refractivity contribution in [2.24, 2.45) is 0 Å². The average molecular weight is 361 g/mol. The van der Waals surface area contributed by atoms with Gasteiger partial charge in [0.2, 0.25) is 5.91 Å². The molecule has 4 rings (SSSR count). The van der Waals surface area contributed by atoms with Gasteiger partial charge in [-0.25, -0.2) is 4.98 Å². The number of hydrogen-bond donors (Lipinski definition) is 2. The summed E-state index contributed by atoms with van der Waals surface area (Å²) < 4.78 is 0. The van der Waals surface area contributed by atoms with Crippen molar-refractivity contribution in [1.82, 2.24) is 20.1 Å². The Morgan fingerprint density at radius 1 is 1.04 bits per heavy atom. The molecule has 0 radical (unpaired) electrons. The van der Waals surface area contributed by atoms with Gasteiger partial charge in [-0.3, -0.25) is 24.4 Å². The number of imide groups is 1. The molecular formula is C19H15N5O3. The number of carbonyl (C=O) groups excluding carboxylic acids is 3. The van der Waals surface area contributed by atoms with E-state index in [-0.39, 0.29) is 6.54 Å². The Labute approximate surface area is 154 Å². The summed E-state index contributed by atoms with van der Waals surface area (Å²) in [7, 11) is 0. The highest BCUT2D eigenvalue weighted by Crippen LogP contribution is 2.22. The van der Waals surface area contributed by atoms with Crippen molar-refractivity contribution in [1.29, 1.82) is 0 Å². The summed E-state index contributed by atoms with van der Waals surface area (Å²) in [5, 5.41) is 9.53. The SMILES string of the molecule is Cc1nc(-c2ccc(NC(=O)CN3C(=O)c4ccccc4C3=O)cc2)n[nH]1. The number of anilines is 1. The van der Waals surface area contributed by atoms with E-state index in [0.717, 1.165) is 10.5 Å². The van der Waals surface area contributed by atoms with Crippen LogP contribution in [0.2, 0.25) is 0 Å². The van der Waals surface area contributed by atoms with Crippen LogP contribution in [0, 0.1) is 6.92 Å². The fourth-order valence-corrected chi connectivity index (χ4v) is 2.90. The third kappa shape index (κ3) is 3.08. The molecular weight excluding hydrogens is 346 g/mol. The Morgan fingerprint density at radius 3 is 2.22 bits per heavy atom. The molecule has 8 nitrogen and oxygen atoms in total. The standard InChI is InChI=1S/C19H15N5O3/c1-11-20-17(23-22-11)12-6-8-13(9-7-12)21-16(25)10-24-18(26)14-4-2-3-5-15(14)19(24)27/h2-9H,10H2,1H3,(H,21,25)(H,20,22,23). The fraction of sp³-hybridized carbons (Fsp3) is 0.105. The molecule has 1 aromatic heterocycles. The molecule has 3 aromatic rings. The molecule has 0 aliphatic carbocycles. The lowest BCUT2D eigenvalue weighted by Crippen LogP contribution is -2.37. The Hall–Kier alpha value is -3.81.